The van der Waals surface area contributed by atoms with Crippen LogP contribution in [0.5, 0.6) is 0 Å². The van der Waals surface area contributed by atoms with E-state index in [1.54, 1.807) is 0 Å². The maximum atomic E-state index is 8.60. The number of hydrogen-bond donors (Lipinski definition) is 3. The topological polar surface area (TPSA) is 88.5 Å². The SMILES string of the molecule is Cc1nn(C)cc1CNCc1ccc(/C(N)=N/O)cc1. The predicted molar refractivity (Wildman–Crippen MR) is 77.4 cm³/mol. The summed E-state index contributed by atoms with van der Waals surface area (Å²) in [5, 5.41) is 19.2. The molecule has 2 aromatic rings. The van der Waals surface area contributed by atoms with E-state index in [2.05, 4.69) is 15.6 Å². The first kappa shape index (κ1) is 14.1. The molecular weight excluding hydrogens is 254 g/mol. The van der Waals surface area contributed by atoms with Crippen molar-refractivity contribution in [2.24, 2.45) is 17.9 Å². The van der Waals surface area contributed by atoms with Crippen molar-refractivity contribution in [2.45, 2.75) is 20.0 Å². The van der Waals surface area contributed by atoms with E-state index in [4.69, 9.17) is 10.9 Å². The van der Waals surface area contributed by atoms with E-state index in [1.165, 1.54) is 5.56 Å². The Labute approximate surface area is 117 Å². The van der Waals surface area contributed by atoms with Crippen LogP contribution in [0.25, 0.3) is 0 Å². The van der Waals surface area contributed by atoms with Gasteiger partial charge in [0.1, 0.15) is 0 Å². The van der Waals surface area contributed by atoms with Crippen LogP contribution in [0.3, 0.4) is 0 Å². The first-order chi connectivity index (χ1) is 9.60. The molecule has 4 N–H and O–H groups in total. The summed E-state index contributed by atoms with van der Waals surface area (Å²) in [7, 11) is 1.92. The molecule has 0 spiro atoms. The van der Waals surface area contributed by atoms with Gasteiger partial charge in [-0.3, -0.25) is 4.68 Å². The van der Waals surface area contributed by atoms with Crippen LogP contribution in [0, 0.1) is 6.92 Å². The zero-order valence-corrected chi connectivity index (χ0v) is 11.7. The Morgan fingerprint density at radius 3 is 2.60 bits per heavy atom. The van der Waals surface area contributed by atoms with Crippen LogP contribution in [0.2, 0.25) is 0 Å². The highest BCUT2D eigenvalue weighted by Gasteiger charge is 2.03. The number of nitrogens with two attached hydrogens (primary N) is 1. The molecule has 0 atom stereocenters. The number of oxime groups is 1. The smallest absolute Gasteiger partial charge is 0.170 e. The Kier molecular flexibility index (Phi) is 4.37. The first-order valence-corrected chi connectivity index (χ1v) is 6.37. The van der Waals surface area contributed by atoms with Gasteiger partial charge in [-0.2, -0.15) is 5.10 Å². The zero-order chi connectivity index (χ0) is 14.5. The molecule has 0 aliphatic heterocycles. The molecule has 106 valence electrons. The largest absolute Gasteiger partial charge is 0.409 e. The summed E-state index contributed by atoms with van der Waals surface area (Å²) in [4.78, 5) is 0. The van der Waals surface area contributed by atoms with E-state index in [-0.39, 0.29) is 5.84 Å². The highest BCUT2D eigenvalue weighted by atomic mass is 16.4. The Balaban J connectivity index is 1.90. The minimum atomic E-state index is 0.121. The molecule has 0 amide bonds. The van der Waals surface area contributed by atoms with Gasteiger partial charge in [0, 0.05) is 37.5 Å². The molecule has 0 saturated heterocycles. The van der Waals surface area contributed by atoms with E-state index >= 15 is 0 Å². The lowest BCUT2D eigenvalue weighted by Crippen LogP contribution is -2.15. The van der Waals surface area contributed by atoms with Crippen molar-refractivity contribution >= 4 is 5.84 Å². The monoisotopic (exact) mass is 273 g/mol. The molecule has 0 bridgehead atoms. The number of amidine groups is 1. The zero-order valence-electron chi connectivity index (χ0n) is 11.7. The number of rotatable bonds is 5. The summed E-state index contributed by atoms with van der Waals surface area (Å²) in [6.45, 7) is 3.54. The number of aryl methyl sites for hydroxylation is 2. The lowest BCUT2D eigenvalue weighted by atomic mass is 10.1. The summed E-state index contributed by atoms with van der Waals surface area (Å²) in [6, 6.07) is 7.58. The van der Waals surface area contributed by atoms with Crippen molar-refractivity contribution in [2.75, 3.05) is 0 Å². The quantitative estimate of drug-likeness (QED) is 0.329. The van der Waals surface area contributed by atoms with E-state index in [0.717, 1.165) is 24.3 Å². The average molecular weight is 273 g/mol. The van der Waals surface area contributed by atoms with Crippen molar-refractivity contribution in [3.63, 3.8) is 0 Å². The van der Waals surface area contributed by atoms with Crippen molar-refractivity contribution in [3.05, 3.63) is 52.8 Å². The fourth-order valence-electron chi connectivity index (χ4n) is 2.01. The van der Waals surface area contributed by atoms with Crippen LogP contribution in [0.4, 0.5) is 0 Å². The third-order valence-corrected chi connectivity index (χ3v) is 3.12. The molecule has 1 aromatic carbocycles. The van der Waals surface area contributed by atoms with Crippen LogP contribution < -0.4 is 11.1 Å². The summed E-state index contributed by atoms with van der Waals surface area (Å²) in [6.07, 6.45) is 2.02. The van der Waals surface area contributed by atoms with Gasteiger partial charge >= 0.3 is 0 Å². The Hall–Kier alpha value is -2.34. The van der Waals surface area contributed by atoms with E-state index < -0.39 is 0 Å². The van der Waals surface area contributed by atoms with Gasteiger partial charge in [0.2, 0.25) is 0 Å². The number of nitrogens with one attached hydrogen (secondary N) is 1. The van der Waals surface area contributed by atoms with Gasteiger partial charge in [-0.1, -0.05) is 29.4 Å². The molecule has 0 aliphatic rings. The van der Waals surface area contributed by atoms with E-state index in [1.807, 2.05) is 49.1 Å². The normalized spacial score (nSPS) is 11.8. The predicted octanol–water partition coefficient (Wildman–Crippen LogP) is 1.11. The number of benzene rings is 1. The molecule has 0 fully saturated rings. The second-order valence-corrected chi connectivity index (χ2v) is 4.70. The van der Waals surface area contributed by atoms with E-state index in [9.17, 15) is 0 Å². The molecule has 0 aliphatic carbocycles. The van der Waals surface area contributed by atoms with Crippen LogP contribution in [-0.2, 0) is 20.1 Å². The lowest BCUT2D eigenvalue weighted by Gasteiger charge is -2.05. The van der Waals surface area contributed by atoms with Crippen LogP contribution in [0.15, 0.2) is 35.6 Å². The molecule has 6 nitrogen and oxygen atoms in total. The van der Waals surface area contributed by atoms with Crippen molar-refractivity contribution < 1.29 is 5.21 Å². The third kappa shape index (κ3) is 3.36. The number of hydrogen-bond acceptors (Lipinski definition) is 4. The maximum absolute atomic E-state index is 8.60. The van der Waals surface area contributed by atoms with Crippen molar-refractivity contribution in [1.82, 2.24) is 15.1 Å². The molecular formula is C14H19N5O. The standard InChI is InChI=1S/C14H19N5O/c1-10-13(9-19(2)17-10)8-16-7-11-3-5-12(6-4-11)14(15)18-20/h3-6,9,16,20H,7-8H2,1-2H3,(H2,15,18). The van der Waals surface area contributed by atoms with Gasteiger partial charge in [0.15, 0.2) is 5.84 Å². The minimum absolute atomic E-state index is 0.121. The fourth-order valence-corrected chi connectivity index (χ4v) is 2.01. The molecule has 6 heteroatoms. The fraction of sp³-hybridized carbons (Fsp3) is 0.286. The molecule has 2 rings (SSSR count). The minimum Gasteiger partial charge on any atom is -0.409 e. The highest BCUT2D eigenvalue weighted by molar-refractivity contribution is 5.96. The number of aromatic nitrogens is 2. The summed E-state index contributed by atoms with van der Waals surface area (Å²) in [5.74, 6) is 0.121. The highest BCUT2D eigenvalue weighted by Crippen LogP contribution is 2.06. The van der Waals surface area contributed by atoms with Crippen LogP contribution in [0.1, 0.15) is 22.4 Å². The summed E-state index contributed by atoms with van der Waals surface area (Å²) >= 11 is 0. The maximum Gasteiger partial charge on any atom is 0.170 e. The van der Waals surface area contributed by atoms with Gasteiger partial charge in [-0.05, 0) is 12.5 Å². The molecule has 0 radical (unpaired) electrons. The average Bonchev–Trinajstić information content (AvgIpc) is 2.77. The van der Waals surface area contributed by atoms with E-state index in [0.29, 0.717) is 5.56 Å². The second-order valence-electron chi connectivity index (χ2n) is 4.70. The molecule has 0 saturated carbocycles. The van der Waals surface area contributed by atoms with Crippen molar-refractivity contribution in [1.29, 1.82) is 0 Å². The Bertz CT molecular complexity index is 601. The molecule has 20 heavy (non-hydrogen) atoms. The summed E-state index contributed by atoms with van der Waals surface area (Å²) < 4.78 is 1.82. The Morgan fingerprint density at radius 2 is 2.05 bits per heavy atom. The van der Waals surface area contributed by atoms with Gasteiger partial charge in [0.05, 0.1) is 5.69 Å². The lowest BCUT2D eigenvalue weighted by molar-refractivity contribution is 0.318. The van der Waals surface area contributed by atoms with Gasteiger partial charge in [-0.15, -0.1) is 0 Å². The molecule has 1 heterocycles. The first-order valence-electron chi connectivity index (χ1n) is 6.37. The molecule has 1 aromatic heterocycles. The molecule has 0 unspecified atom stereocenters. The number of nitrogens with zero attached hydrogens (tertiary/aromatic N) is 3. The second kappa shape index (κ2) is 6.21. The van der Waals surface area contributed by atoms with Crippen LogP contribution in [-0.4, -0.2) is 20.8 Å². The van der Waals surface area contributed by atoms with Crippen LogP contribution >= 0.6 is 0 Å². The van der Waals surface area contributed by atoms with Gasteiger partial charge in [-0.25, -0.2) is 0 Å². The van der Waals surface area contributed by atoms with Gasteiger partial charge in [0.25, 0.3) is 0 Å². The van der Waals surface area contributed by atoms with Gasteiger partial charge < -0.3 is 16.3 Å². The Morgan fingerprint density at radius 1 is 1.35 bits per heavy atom. The van der Waals surface area contributed by atoms with Crippen molar-refractivity contribution in [3.8, 4) is 0 Å². The summed E-state index contributed by atoms with van der Waals surface area (Å²) in [5.41, 5.74) is 9.60. The third-order valence-electron chi connectivity index (χ3n) is 3.12.